The minimum Gasteiger partial charge on any atom is -0.309 e. The summed E-state index contributed by atoms with van der Waals surface area (Å²) in [5.41, 5.74) is 2.60. The first kappa shape index (κ1) is 7.50. The lowest BCUT2D eigenvalue weighted by atomic mass is 10.1. The molecule has 68 valence electrons. The van der Waals surface area contributed by atoms with Crippen molar-refractivity contribution >= 4 is 6.08 Å². The Morgan fingerprint density at radius 1 is 1.07 bits per heavy atom. The molecule has 14 heavy (non-hydrogen) atoms. The third kappa shape index (κ3) is 0.988. The molecule has 0 fully saturated rings. The van der Waals surface area contributed by atoms with Crippen LogP contribution in [0.5, 0.6) is 0 Å². The maximum atomic E-state index is 3.82. The van der Waals surface area contributed by atoms with Gasteiger partial charge in [-0.25, -0.2) is 0 Å². The van der Waals surface area contributed by atoms with Crippen LogP contribution in [-0.4, -0.2) is 14.8 Å². The van der Waals surface area contributed by atoms with Crippen molar-refractivity contribution in [2.24, 2.45) is 0 Å². The highest BCUT2D eigenvalue weighted by molar-refractivity contribution is 5.62. The lowest BCUT2D eigenvalue weighted by Gasteiger charge is -2.10. The molecular weight excluding hydrogens is 174 g/mol. The average molecular weight is 183 g/mol. The summed E-state index contributed by atoms with van der Waals surface area (Å²) < 4.78 is 2.00. The molecule has 0 amide bonds. The summed E-state index contributed by atoms with van der Waals surface area (Å²) in [7, 11) is 0. The predicted molar refractivity (Wildman–Crippen MR) is 53.6 cm³/mol. The van der Waals surface area contributed by atoms with Crippen LogP contribution in [0.15, 0.2) is 43.0 Å². The predicted octanol–water partition coefficient (Wildman–Crippen LogP) is 1.89. The van der Waals surface area contributed by atoms with Gasteiger partial charge in [-0.2, -0.15) is 0 Å². The largest absolute Gasteiger partial charge is 0.309 e. The second-order valence-electron chi connectivity index (χ2n) is 3.34. The van der Waals surface area contributed by atoms with Crippen molar-refractivity contribution in [2.75, 3.05) is 0 Å². The van der Waals surface area contributed by atoms with Crippen LogP contribution in [0, 0.1) is 0 Å². The van der Waals surface area contributed by atoms with E-state index in [0.29, 0.717) is 0 Å². The van der Waals surface area contributed by atoms with Gasteiger partial charge in [-0.3, -0.25) is 0 Å². The number of rotatable bonds is 1. The molecule has 3 rings (SSSR count). The molecule has 0 bridgehead atoms. The summed E-state index contributed by atoms with van der Waals surface area (Å²) in [6, 6.07) is 8.64. The van der Waals surface area contributed by atoms with E-state index in [1.54, 1.807) is 12.7 Å². The molecule has 0 saturated heterocycles. The molecule has 2 aromatic rings. The normalized spacial score (nSPS) is 18.4. The summed E-state index contributed by atoms with van der Waals surface area (Å²) in [5.74, 6) is 0. The first-order valence-electron chi connectivity index (χ1n) is 4.56. The Morgan fingerprint density at radius 3 is 2.71 bits per heavy atom. The zero-order valence-corrected chi connectivity index (χ0v) is 7.54. The highest BCUT2D eigenvalue weighted by atomic mass is 15.2. The van der Waals surface area contributed by atoms with Crippen LogP contribution in [0.3, 0.4) is 0 Å². The molecule has 0 N–H and O–H groups in total. The maximum Gasteiger partial charge on any atom is 0.120 e. The molecule has 0 radical (unpaired) electrons. The van der Waals surface area contributed by atoms with E-state index in [1.807, 2.05) is 4.57 Å². The summed E-state index contributed by atoms with van der Waals surface area (Å²) in [5, 5.41) is 7.64. The van der Waals surface area contributed by atoms with Gasteiger partial charge < -0.3 is 4.57 Å². The number of hydrogen-bond donors (Lipinski definition) is 0. The first-order valence-corrected chi connectivity index (χ1v) is 4.56. The number of fused-ring (bicyclic) bond motifs is 1. The minimum absolute atomic E-state index is 0.265. The standard InChI is InChI=1S/C11H9N3/c1-2-4-10-9(3-1)5-6-11(10)14-7-12-13-8-14/h1-8,11H. The van der Waals surface area contributed by atoms with Crippen LogP contribution >= 0.6 is 0 Å². The van der Waals surface area contributed by atoms with Crippen molar-refractivity contribution in [1.82, 2.24) is 14.8 Å². The van der Waals surface area contributed by atoms with E-state index in [1.165, 1.54) is 11.1 Å². The molecule has 1 unspecified atom stereocenters. The van der Waals surface area contributed by atoms with E-state index in [-0.39, 0.29) is 6.04 Å². The SMILES string of the molecule is C1=CC(n2cnnc2)c2ccccc21. The molecule has 0 aliphatic heterocycles. The Morgan fingerprint density at radius 2 is 1.86 bits per heavy atom. The van der Waals surface area contributed by atoms with Crippen molar-refractivity contribution in [3.05, 3.63) is 54.1 Å². The first-order chi connectivity index (χ1) is 6.95. The number of nitrogens with zero attached hydrogens (tertiary/aromatic N) is 3. The van der Waals surface area contributed by atoms with E-state index in [2.05, 4.69) is 46.6 Å². The van der Waals surface area contributed by atoms with Gasteiger partial charge in [-0.1, -0.05) is 36.4 Å². The fourth-order valence-corrected chi connectivity index (χ4v) is 1.84. The number of aromatic nitrogens is 3. The maximum absolute atomic E-state index is 3.82. The monoisotopic (exact) mass is 183 g/mol. The van der Waals surface area contributed by atoms with Crippen molar-refractivity contribution in [3.8, 4) is 0 Å². The molecule has 3 heteroatoms. The van der Waals surface area contributed by atoms with Crippen molar-refractivity contribution < 1.29 is 0 Å². The molecule has 3 nitrogen and oxygen atoms in total. The molecule has 1 aromatic carbocycles. The topological polar surface area (TPSA) is 30.7 Å². The van der Waals surface area contributed by atoms with E-state index >= 15 is 0 Å². The zero-order chi connectivity index (χ0) is 9.38. The molecule has 0 spiro atoms. The second-order valence-corrected chi connectivity index (χ2v) is 3.34. The van der Waals surface area contributed by atoms with E-state index in [4.69, 9.17) is 0 Å². The van der Waals surface area contributed by atoms with Crippen LogP contribution in [0.1, 0.15) is 17.2 Å². The number of hydrogen-bond acceptors (Lipinski definition) is 2. The van der Waals surface area contributed by atoms with Crippen molar-refractivity contribution in [1.29, 1.82) is 0 Å². The van der Waals surface area contributed by atoms with Gasteiger partial charge in [0.05, 0.1) is 6.04 Å². The molecule has 1 aromatic heterocycles. The van der Waals surface area contributed by atoms with Crippen molar-refractivity contribution in [2.45, 2.75) is 6.04 Å². The van der Waals surface area contributed by atoms with Gasteiger partial charge >= 0.3 is 0 Å². The van der Waals surface area contributed by atoms with Crippen LogP contribution in [0.4, 0.5) is 0 Å². The molecule has 1 heterocycles. The van der Waals surface area contributed by atoms with Crippen molar-refractivity contribution in [3.63, 3.8) is 0 Å². The lowest BCUT2D eigenvalue weighted by molar-refractivity contribution is 0.706. The number of allylic oxidation sites excluding steroid dienone is 1. The molecule has 1 atom stereocenters. The van der Waals surface area contributed by atoms with Gasteiger partial charge in [0.25, 0.3) is 0 Å². The Balaban J connectivity index is 2.11. The highest BCUT2D eigenvalue weighted by Gasteiger charge is 2.17. The Kier molecular flexibility index (Phi) is 1.50. The van der Waals surface area contributed by atoms with E-state index in [0.717, 1.165) is 0 Å². The van der Waals surface area contributed by atoms with Gasteiger partial charge in [0, 0.05) is 0 Å². The van der Waals surface area contributed by atoms with Gasteiger partial charge in [-0.15, -0.1) is 10.2 Å². The Labute approximate surface area is 81.7 Å². The molecule has 1 aliphatic rings. The quantitative estimate of drug-likeness (QED) is 0.676. The molecular formula is C11H9N3. The van der Waals surface area contributed by atoms with Crippen LogP contribution in [0.2, 0.25) is 0 Å². The average Bonchev–Trinajstić information content (AvgIpc) is 2.85. The van der Waals surface area contributed by atoms with Crippen LogP contribution < -0.4 is 0 Å². The lowest BCUT2D eigenvalue weighted by Crippen LogP contribution is -2.03. The van der Waals surface area contributed by atoms with Gasteiger partial charge in [0.15, 0.2) is 0 Å². The van der Waals surface area contributed by atoms with Crippen LogP contribution in [-0.2, 0) is 0 Å². The molecule has 1 aliphatic carbocycles. The zero-order valence-electron chi connectivity index (χ0n) is 7.54. The van der Waals surface area contributed by atoms with Gasteiger partial charge in [0.2, 0.25) is 0 Å². The van der Waals surface area contributed by atoms with Gasteiger partial charge in [-0.05, 0) is 11.1 Å². The smallest absolute Gasteiger partial charge is 0.120 e. The van der Waals surface area contributed by atoms with Gasteiger partial charge in [0.1, 0.15) is 12.7 Å². The third-order valence-electron chi connectivity index (χ3n) is 2.53. The minimum atomic E-state index is 0.265. The summed E-state index contributed by atoms with van der Waals surface area (Å²) in [6.07, 6.45) is 7.79. The summed E-state index contributed by atoms with van der Waals surface area (Å²) in [4.78, 5) is 0. The highest BCUT2D eigenvalue weighted by Crippen LogP contribution is 2.30. The molecule has 0 saturated carbocycles. The van der Waals surface area contributed by atoms with Crippen LogP contribution in [0.25, 0.3) is 6.08 Å². The summed E-state index contributed by atoms with van der Waals surface area (Å²) in [6.45, 7) is 0. The number of benzene rings is 1. The third-order valence-corrected chi connectivity index (χ3v) is 2.53. The Hall–Kier alpha value is -1.90. The second kappa shape index (κ2) is 2.80. The van der Waals surface area contributed by atoms with E-state index < -0.39 is 0 Å². The summed E-state index contributed by atoms with van der Waals surface area (Å²) >= 11 is 0. The fraction of sp³-hybridized carbons (Fsp3) is 0.0909. The Bertz CT molecular complexity index is 471. The van der Waals surface area contributed by atoms with E-state index in [9.17, 15) is 0 Å². The fourth-order valence-electron chi connectivity index (χ4n) is 1.84.